The Kier molecular flexibility index (Phi) is 4.33. The molecule has 0 aromatic heterocycles. The molecule has 0 aliphatic rings. The first-order chi connectivity index (χ1) is 8.14. The standard InChI is InChI=1S/C10H11F4NO2S/c1-7(11)6-15-18(16,17)9-5-3-2-4-8(9)10(12,13)14/h2-5,7,15H,6H2,1H3. The summed E-state index contributed by atoms with van der Waals surface area (Å²) in [5.74, 6) is 0. The van der Waals surface area contributed by atoms with Crippen LogP contribution in [-0.2, 0) is 16.2 Å². The van der Waals surface area contributed by atoms with Gasteiger partial charge in [0.25, 0.3) is 0 Å². The van der Waals surface area contributed by atoms with Crippen molar-refractivity contribution in [1.29, 1.82) is 0 Å². The largest absolute Gasteiger partial charge is 0.417 e. The zero-order valence-corrected chi connectivity index (χ0v) is 10.1. The quantitative estimate of drug-likeness (QED) is 0.863. The zero-order valence-electron chi connectivity index (χ0n) is 9.33. The fourth-order valence-corrected chi connectivity index (χ4v) is 2.57. The molecular formula is C10H11F4NO2S. The summed E-state index contributed by atoms with van der Waals surface area (Å²) < 4.78 is 75.4. The minimum absolute atomic E-state index is 0.575. The molecule has 0 aliphatic carbocycles. The molecule has 102 valence electrons. The SMILES string of the molecule is CC(F)CNS(=O)(=O)c1ccccc1C(F)(F)F. The first kappa shape index (κ1) is 14.9. The van der Waals surface area contributed by atoms with E-state index in [0.717, 1.165) is 19.1 Å². The second-order valence-electron chi connectivity index (χ2n) is 3.63. The van der Waals surface area contributed by atoms with E-state index in [1.54, 1.807) is 4.72 Å². The van der Waals surface area contributed by atoms with E-state index in [4.69, 9.17) is 0 Å². The Hall–Kier alpha value is -1.15. The Morgan fingerprint density at radius 2 is 1.83 bits per heavy atom. The van der Waals surface area contributed by atoms with Gasteiger partial charge in [-0.05, 0) is 19.1 Å². The number of sulfonamides is 1. The molecule has 0 bridgehead atoms. The summed E-state index contributed by atoms with van der Waals surface area (Å²) in [5.41, 5.74) is -1.27. The van der Waals surface area contributed by atoms with Gasteiger partial charge < -0.3 is 0 Å². The van der Waals surface area contributed by atoms with E-state index in [1.165, 1.54) is 6.07 Å². The molecule has 0 fully saturated rings. The van der Waals surface area contributed by atoms with Crippen LogP contribution in [0, 0.1) is 0 Å². The summed E-state index contributed by atoms with van der Waals surface area (Å²) in [6.07, 6.45) is -6.27. The number of rotatable bonds is 4. The maximum Gasteiger partial charge on any atom is 0.417 e. The average molecular weight is 285 g/mol. The van der Waals surface area contributed by atoms with E-state index in [2.05, 4.69) is 0 Å². The second-order valence-corrected chi connectivity index (χ2v) is 5.36. The summed E-state index contributed by atoms with van der Waals surface area (Å²) in [6.45, 7) is 0.521. The van der Waals surface area contributed by atoms with Crippen molar-refractivity contribution in [3.8, 4) is 0 Å². The van der Waals surface area contributed by atoms with Crippen LogP contribution < -0.4 is 4.72 Å². The van der Waals surface area contributed by atoms with Crippen molar-refractivity contribution in [2.45, 2.75) is 24.2 Å². The van der Waals surface area contributed by atoms with E-state index in [-0.39, 0.29) is 0 Å². The van der Waals surface area contributed by atoms with Gasteiger partial charge in [0, 0.05) is 6.54 Å². The Labute approximate surface area is 102 Å². The minimum atomic E-state index is -4.79. The third kappa shape index (κ3) is 3.67. The number of benzene rings is 1. The van der Waals surface area contributed by atoms with Crippen LogP contribution in [0.3, 0.4) is 0 Å². The molecule has 0 radical (unpaired) electrons. The lowest BCUT2D eigenvalue weighted by atomic mass is 10.2. The number of halogens is 4. The molecule has 0 amide bonds. The molecule has 1 aromatic carbocycles. The predicted octanol–water partition coefficient (Wildman–Crippen LogP) is 2.34. The monoisotopic (exact) mass is 285 g/mol. The van der Waals surface area contributed by atoms with Gasteiger partial charge in [0.05, 0.1) is 10.5 Å². The normalized spacial score (nSPS) is 14.5. The maximum atomic E-state index is 12.6. The number of hydrogen-bond acceptors (Lipinski definition) is 2. The van der Waals surface area contributed by atoms with Crippen LogP contribution in [0.4, 0.5) is 17.6 Å². The van der Waals surface area contributed by atoms with Gasteiger partial charge in [0.2, 0.25) is 10.0 Å². The fourth-order valence-electron chi connectivity index (χ4n) is 1.24. The minimum Gasteiger partial charge on any atom is -0.246 e. The van der Waals surface area contributed by atoms with Gasteiger partial charge in [-0.2, -0.15) is 13.2 Å². The highest BCUT2D eigenvalue weighted by Gasteiger charge is 2.36. The Balaban J connectivity index is 3.17. The molecule has 0 saturated heterocycles. The summed E-state index contributed by atoms with van der Waals surface area (Å²) in [7, 11) is -4.38. The Morgan fingerprint density at radius 3 is 2.33 bits per heavy atom. The lowest BCUT2D eigenvalue weighted by Crippen LogP contribution is -2.30. The van der Waals surface area contributed by atoms with Crippen molar-refractivity contribution in [2.24, 2.45) is 0 Å². The van der Waals surface area contributed by atoms with E-state index in [9.17, 15) is 26.0 Å². The van der Waals surface area contributed by atoms with Crippen LogP contribution in [0.5, 0.6) is 0 Å². The number of nitrogens with one attached hydrogen (secondary N) is 1. The molecule has 1 rings (SSSR count). The van der Waals surface area contributed by atoms with Crippen molar-refractivity contribution in [2.75, 3.05) is 6.54 Å². The molecule has 0 aliphatic heterocycles. The van der Waals surface area contributed by atoms with Crippen molar-refractivity contribution < 1.29 is 26.0 Å². The summed E-state index contributed by atoms with van der Waals surface area (Å²) in [6, 6.07) is 3.74. The molecule has 0 heterocycles. The third-order valence-electron chi connectivity index (χ3n) is 2.04. The third-order valence-corrected chi connectivity index (χ3v) is 3.52. The molecule has 1 N–H and O–H groups in total. The Bertz CT molecular complexity index is 511. The van der Waals surface area contributed by atoms with E-state index in [0.29, 0.717) is 6.07 Å². The van der Waals surface area contributed by atoms with Crippen molar-refractivity contribution >= 4 is 10.0 Å². The summed E-state index contributed by atoms with van der Waals surface area (Å²) >= 11 is 0. The highest BCUT2D eigenvalue weighted by Crippen LogP contribution is 2.33. The lowest BCUT2D eigenvalue weighted by Gasteiger charge is -2.13. The van der Waals surface area contributed by atoms with Crippen LogP contribution in [0.15, 0.2) is 29.2 Å². The van der Waals surface area contributed by atoms with Crippen LogP contribution in [0.2, 0.25) is 0 Å². The first-order valence-corrected chi connectivity index (χ1v) is 6.43. The smallest absolute Gasteiger partial charge is 0.246 e. The maximum absolute atomic E-state index is 12.6. The number of alkyl halides is 4. The van der Waals surface area contributed by atoms with E-state index in [1.807, 2.05) is 0 Å². The van der Waals surface area contributed by atoms with Gasteiger partial charge >= 0.3 is 6.18 Å². The van der Waals surface area contributed by atoms with Crippen molar-refractivity contribution in [3.63, 3.8) is 0 Å². The number of hydrogen-bond donors (Lipinski definition) is 1. The molecule has 8 heteroatoms. The van der Waals surface area contributed by atoms with Gasteiger partial charge in [-0.3, -0.25) is 0 Å². The topological polar surface area (TPSA) is 46.2 Å². The molecular weight excluding hydrogens is 274 g/mol. The molecule has 0 saturated carbocycles. The van der Waals surface area contributed by atoms with Crippen LogP contribution >= 0.6 is 0 Å². The molecule has 18 heavy (non-hydrogen) atoms. The first-order valence-electron chi connectivity index (χ1n) is 4.94. The van der Waals surface area contributed by atoms with Crippen LogP contribution in [-0.4, -0.2) is 21.1 Å². The molecule has 0 spiro atoms. The van der Waals surface area contributed by atoms with Crippen LogP contribution in [0.1, 0.15) is 12.5 Å². The highest BCUT2D eigenvalue weighted by atomic mass is 32.2. The predicted molar refractivity (Wildman–Crippen MR) is 57.2 cm³/mol. The average Bonchev–Trinajstić information content (AvgIpc) is 2.25. The van der Waals surface area contributed by atoms with Crippen LogP contribution in [0.25, 0.3) is 0 Å². The van der Waals surface area contributed by atoms with E-state index >= 15 is 0 Å². The zero-order chi connectivity index (χ0) is 14.0. The molecule has 1 atom stereocenters. The van der Waals surface area contributed by atoms with E-state index < -0.39 is 39.4 Å². The molecule has 3 nitrogen and oxygen atoms in total. The van der Waals surface area contributed by atoms with Gasteiger partial charge in [-0.25, -0.2) is 17.5 Å². The van der Waals surface area contributed by atoms with Crippen molar-refractivity contribution in [1.82, 2.24) is 4.72 Å². The van der Waals surface area contributed by atoms with Crippen molar-refractivity contribution in [3.05, 3.63) is 29.8 Å². The van der Waals surface area contributed by atoms with Gasteiger partial charge in [0.1, 0.15) is 6.17 Å². The highest BCUT2D eigenvalue weighted by molar-refractivity contribution is 7.89. The van der Waals surface area contributed by atoms with Gasteiger partial charge in [0.15, 0.2) is 0 Å². The second kappa shape index (κ2) is 5.23. The molecule has 1 unspecified atom stereocenters. The lowest BCUT2D eigenvalue weighted by molar-refractivity contribution is -0.139. The van der Waals surface area contributed by atoms with Gasteiger partial charge in [-0.15, -0.1) is 0 Å². The summed E-state index contributed by atoms with van der Waals surface area (Å²) in [4.78, 5) is -0.904. The fraction of sp³-hybridized carbons (Fsp3) is 0.400. The molecule has 1 aromatic rings. The summed E-state index contributed by atoms with van der Waals surface area (Å²) in [5, 5.41) is 0. The van der Waals surface area contributed by atoms with Gasteiger partial charge in [-0.1, -0.05) is 12.1 Å². The Morgan fingerprint density at radius 1 is 1.28 bits per heavy atom.